The predicted molar refractivity (Wildman–Crippen MR) is 79.9 cm³/mol. The van der Waals surface area contributed by atoms with E-state index in [0.29, 0.717) is 29.0 Å². The third-order valence-electron chi connectivity index (χ3n) is 3.45. The molecule has 0 saturated heterocycles. The van der Waals surface area contributed by atoms with Crippen molar-refractivity contribution in [2.24, 2.45) is 0 Å². The number of benzene rings is 1. The third kappa shape index (κ3) is 2.32. The molecule has 3 rings (SSSR count). The van der Waals surface area contributed by atoms with Crippen LogP contribution >= 0.6 is 0 Å². The summed E-state index contributed by atoms with van der Waals surface area (Å²) in [6.45, 7) is 2.64. The molecule has 112 valence electrons. The number of methoxy groups -OCH3 is 1. The van der Waals surface area contributed by atoms with Crippen molar-refractivity contribution in [2.45, 2.75) is 13.5 Å². The number of hydrogen-bond donors (Lipinski definition) is 0. The van der Waals surface area contributed by atoms with Gasteiger partial charge in [-0.3, -0.25) is 4.98 Å². The summed E-state index contributed by atoms with van der Waals surface area (Å²) in [5.74, 6) is -0.212. The summed E-state index contributed by atoms with van der Waals surface area (Å²) in [7, 11) is 1.33. The van der Waals surface area contributed by atoms with Crippen LogP contribution in [0.3, 0.4) is 0 Å². The minimum atomic E-state index is -0.415. The topological polar surface area (TPSA) is 57.0 Å². The average molecular weight is 299 g/mol. The van der Waals surface area contributed by atoms with Crippen LogP contribution in [0, 0.1) is 5.82 Å². The first kappa shape index (κ1) is 14.2. The van der Waals surface area contributed by atoms with Gasteiger partial charge in [0.1, 0.15) is 11.6 Å². The Kier molecular flexibility index (Phi) is 3.58. The van der Waals surface area contributed by atoms with Crippen molar-refractivity contribution in [1.29, 1.82) is 0 Å². The third-order valence-corrected chi connectivity index (χ3v) is 3.45. The lowest BCUT2D eigenvalue weighted by Gasteiger charge is -2.06. The number of esters is 1. The van der Waals surface area contributed by atoms with Crippen molar-refractivity contribution in [1.82, 2.24) is 14.5 Å². The number of halogens is 1. The van der Waals surface area contributed by atoms with Crippen molar-refractivity contribution in [3.63, 3.8) is 0 Å². The number of imidazole rings is 1. The lowest BCUT2D eigenvalue weighted by atomic mass is 10.2. The summed E-state index contributed by atoms with van der Waals surface area (Å²) in [6, 6.07) is 6.56. The minimum Gasteiger partial charge on any atom is -0.465 e. The number of aromatic nitrogens is 3. The fourth-order valence-corrected chi connectivity index (χ4v) is 2.45. The molecule has 0 atom stereocenters. The first-order valence-electron chi connectivity index (χ1n) is 6.83. The van der Waals surface area contributed by atoms with Crippen LogP contribution in [0.5, 0.6) is 0 Å². The molecule has 0 amide bonds. The van der Waals surface area contributed by atoms with E-state index in [0.717, 1.165) is 11.7 Å². The van der Waals surface area contributed by atoms with Crippen molar-refractivity contribution in [2.75, 3.05) is 7.11 Å². The first-order chi connectivity index (χ1) is 10.6. The van der Waals surface area contributed by atoms with Crippen molar-refractivity contribution >= 4 is 17.0 Å². The number of ether oxygens (including phenoxy) is 1. The Morgan fingerprint density at radius 1 is 1.32 bits per heavy atom. The van der Waals surface area contributed by atoms with Gasteiger partial charge in [0.2, 0.25) is 0 Å². The quantitative estimate of drug-likeness (QED) is 0.697. The van der Waals surface area contributed by atoms with Gasteiger partial charge in [0.15, 0.2) is 0 Å². The van der Waals surface area contributed by atoms with Crippen LogP contribution < -0.4 is 0 Å². The van der Waals surface area contributed by atoms with Gasteiger partial charge in [-0.2, -0.15) is 0 Å². The Bertz CT molecular complexity index is 858. The Labute approximate surface area is 126 Å². The molecule has 0 unspecified atom stereocenters. The number of pyridine rings is 1. The van der Waals surface area contributed by atoms with E-state index in [1.807, 2.05) is 17.6 Å². The Balaban J connectivity index is 2.20. The van der Waals surface area contributed by atoms with Crippen LogP contribution in [0.15, 0.2) is 36.7 Å². The normalized spacial score (nSPS) is 10.9. The zero-order valence-electron chi connectivity index (χ0n) is 12.2. The van der Waals surface area contributed by atoms with Gasteiger partial charge < -0.3 is 9.30 Å². The van der Waals surface area contributed by atoms with Crippen LogP contribution in [0.4, 0.5) is 4.39 Å². The van der Waals surface area contributed by atoms with Gasteiger partial charge in [-0.15, -0.1) is 0 Å². The van der Waals surface area contributed by atoms with Crippen LogP contribution in [0.1, 0.15) is 17.3 Å². The van der Waals surface area contributed by atoms with E-state index in [1.54, 1.807) is 18.3 Å². The second-order valence-electron chi connectivity index (χ2n) is 4.77. The Morgan fingerprint density at radius 2 is 2.14 bits per heavy atom. The zero-order valence-corrected chi connectivity index (χ0v) is 12.2. The monoisotopic (exact) mass is 299 g/mol. The van der Waals surface area contributed by atoms with E-state index in [1.165, 1.54) is 13.2 Å². The molecule has 0 N–H and O–H groups in total. The van der Waals surface area contributed by atoms with Gasteiger partial charge >= 0.3 is 5.97 Å². The second-order valence-corrected chi connectivity index (χ2v) is 4.77. The summed E-state index contributed by atoms with van der Waals surface area (Å²) < 4.78 is 20.1. The summed E-state index contributed by atoms with van der Waals surface area (Å²) in [4.78, 5) is 20.0. The standard InChI is InChI=1S/C16H14FN3O2/c1-3-20-14-5-4-10(16(21)22-2)7-13(14)19-15(20)11-6-12(17)9-18-8-11/h4-9H,3H2,1-2H3. The van der Waals surface area contributed by atoms with E-state index in [9.17, 15) is 9.18 Å². The number of nitrogens with zero attached hydrogens (tertiary/aromatic N) is 3. The molecule has 0 radical (unpaired) electrons. The molecule has 0 aliphatic rings. The summed E-state index contributed by atoms with van der Waals surface area (Å²) in [5, 5.41) is 0. The highest BCUT2D eigenvalue weighted by Gasteiger charge is 2.14. The molecule has 6 heteroatoms. The number of fused-ring (bicyclic) bond motifs is 1. The lowest BCUT2D eigenvalue weighted by molar-refractivity contribution is 0.0601. The van der Waals surface area contributed by atoms with Gasteiger partial charge in [-0.05, 0) is 31.2 Å². The zero-order chi connectivity index (χ0) is 15.7. The van der Waals surface area contributed by atoms with Crippen molar-refractivity contribution in [3.8, 4) is 11.4 Å². The first-order valence-corrected chi connectivity index (χ1v) is 6.83. The molecule has 3 aromatic rings. The molecule has 0 saturated carbocycles. The predicted octanol–water partition coefficient (Wildman–Crippen LogP) is 3.04. The van der Waals surface area contributed by atoms with Gasteiger partial charge in [0.05, 0.1) is 29.9 Å². The fraction of sp³-hybridized carbons (Fsp3) is 0.188. The summed E-state index contributed by atoms with van der Waals surface area (Å²) in [6.07, 6.45) is 2.72. The molecule has 1 aromatic carbocycles. The Morgan fingerprint density at radius 3 is 2.82 bits per heavy atom. The van der Waals surface area contributed by atoms with Gasteiger partial charge in [-0.25, -0.2) is 14.2 Å². The van der Waals surface area contributed by atoms with Gasteiger partial charge in [0.25, 0.3) is 0 Å². The van der Waals surface area contributed by atoms with E-state index in [2.05, 4.69) is 9.97 Å². The summed E-state index contributed by atoms with van der Waals surface area (Å²) >= 11 is 0. The molecule has 0 aliphatic carbocycles. The maximum Gasteiger partial charge on any atom is 0.337 e. The van der Waals surface area contributed by atoms with E-state index >= 15 is 0 Å². The molecule has 0 aliphatic heterocycles. The number of aryl methyl sites for hydroxylation is 1. The lowest BCUT2D eigenvalue weighted by Crippen LogP contribution is -2.01. The van der Waals surface area contributed by atoms with E-state index < -0.39 is 11.8 Å². The molecular weight excluding hydrogens is 285 g/mol. The highest BCUT2D eigenvalue weighted by atomic mass is 19.1. The number of rotatable bonds is 3. The molecule has 5 nitrogen and oxygen atoms in total. The Hall–Kier alpha value is -2.76. The van der Waals surface area contributed by atoms with Crippen LogP contribution in [0.2, 0.25) is 0 Å². The smallest absolute Gasteiger partial charge is 0.337 e. The SMILES string of the molecule is CCn1c(-c2cncc(F)c2)nc2cc(C(=O)OC)ccc21. The molecular formula is C16H14FN3O2. The van der Waals surface area contributed by atoms with Crippen LogP contribution in [0.25, 0.3) is 22.4 Å². The average Bonchev–Trinajstić information content (AvgIpc) is 2.91. The van der Waals surface area contributed by atoms with Crippen molar-refractivity contribution in [3.05, 3.63) is 48.0 Å². The van der Waals surface area contributed by atoms with Gasteiger partial charge in [-0.1, -0.05) is 0 Å². The second kappa shape index (κ2) is 5.55. The molecule has 0 spiro atoms. The molecule has 2 heterocycles. The summed E-state index contributed by atoms with van der Waals surface area (Å²) in [5.41, 5.74) is 2.55. The van der Waals surface area contributed by atoms with Crippen LogP contribution in [-0.4, -0.2) is 27.6 Å². The number of carbonyl (C=O) groups is 1. The van der Waals surface area contributed by atoms with E-state index in [4.69, 9.17) is 4.74 Å². The maximum atomic E-state index is 13.4. The molecule has 0 bridgehead atoms. The van der Waals surface area contributed by atoms with Gasteiger partial charge in [0, 0.05) is 18.3 Å². The van der Waals surface area contributed by atoms with Crippen LogP contribution in [-0.2, 0) is 11.3 Å². The molecule has 0 fully saturated rings. The fourth-order valence-electron chi connectivity index (χ4n) is 2.45. The van der Waals surface area contributed by atoms with E-state index in [-0.39, 0.29) is 0 Å². The largest absolute Gasteiger partial charge is 0.465 e. The minimum absolute atomic E-state index is 0.414. The maximum absolute atomic E-state index is 13.4. The molecule has 2 aromatic heterocycles. The highest BCUT2D eigenvalue weighted by molar-refractivity contribution is 5.94. The molecule has 22 heavy (non-hydrogen) atoms. The van der Waals surface area contributed by atoms with Crippen molar-refractivity contribution < 1.29 is 13.9 Å². The number of hydrogen-bond acceptors (Lipinski definition) is 4. The highest BCUT2D eigenvalue weighted by Crippen LogP contribution is 2.25. The number of carbonyl (C=O) groups excluding carboxylic acids is 1.